The molecule has 0 bridgehead atoms. The Labute approximate surface area is 91.7 Å². The van der Waals surface area contributed by atoms with Gasteiger partial charge in [-0.1, -0.05) is 13.5 Å². The molecule has 0 aromatic rings. The SMILES string of the molecule is C=C(C)C(=O)OC(CC)C([SiH3])(Cl)Cl. The number of ether oxygens (including phenoxy) is 1. The van der Waals surface area contributed by atoms with Crippen LogP contribution in [0.5, 0.6) is 0 Å². The standard InChI is InChI=1S/C8H14Cl2O2Si/c1-4-6(8(9,10)13)12-7(11)5(2)3/h6H,2,4H2,1,3,13H3. The fourth-order valence-corrected chi connectivity index (χ4v) is 1.70. The summed E-state index contributed by atoms with van der Waals surface area (Å²) in [6.07, 6.45) is 0.168. The van der Waals surface area contributed by atoms with Gasteiger partial charge in [0.05, 0.1) is 10.2 Å². The van der Waals surface area contributed by atoms with Gasteiger partial charge in [-0.3, -0.25) is 0 Å². The number of carbonyl (C=O) groups excluding carboxylic acids is 1. The maximum Gasteiger partial charge on any atom is 0.333 e. The lowest BCUT2D eigenvalue weighted by Crippen LogP contribution is -2.35. The second kappa shape index (κ2) is 5.03. The lowest BCUT2D eigenvalue weighted by molar-refractivity contribution is -0.144. The zero-order valence-corrected chi connectivity index (χ0v) is 11.6. The van der Waals surface area contributed by atoms with Crippen LogP contribution in [0.4, 0.5) is 0 Å². The highest BCUT2D eigenvalue weighted by atomic mass is 35.5. The Bertz CT molecular complexity index is 211. The fraction of sp³-hybridized carbons (Fsp3) is 0.625. The fourth-order valence-electron chi connectivity index (χ4n) is 0.775. The van der Waals surface area contributed by atoms with Crippen LogP contribution >= 0.6 is 23.2 Å². The topological polar surface area (TPSA) is 26.3 Å². The second-order valence-corrected chi connectivity index (χ2v) is 7.65. The van der Waals surface area contributed by atoms with E-state index in [0.29, 0.717) is 22.2 Å². The molecule has 0 aromatic carbocycles. The smallest absolute Gasteiger partial charge is 0.333 e. The molecule has 0 rings (SSSR count). The maximum absolute atomic E-state index is 11.1. The van der Waals surface area contributed by atoms with E-state index in [1.165, 1.54) is 0 Å². The van der Waals surface area contributed by atoms with Crippen LogP contribution in [0, 0.1) is 0 Å². The van der Waals surface area contributed by atoms with Crippen molar-refractivity contribution in [2.75, 3.05) is 0 Å². The van der Waals surface area contributed by atoms with E-state index in [2.05, 4.69) is 6.58 Å². The lowest BCUT2D eigenvalue weighted by Gasteiger charge is -2.25. The maximum atomic E-state index is 11.1. The molecule has 0 saturated carbocycles. The van der Waals surface area contributed by atoms with Crippen LogP contribution < -0.4 is 0 Å². The molecule has 0 fully saturated rings. The highest BCUT2D eigenvalue weighted by molar-refractivity contribution is 6.65. The van der Waals surface area contributed by atoms with Crippen molar-refractivity contribution in [3.8, 4) is 0 Å². The quantitative estimate of drug-likeness (QED) is 0.322. The van der Waals surface area contributed by atoms with Crippen molar-refractivity contribution in [2.24, 2.45) is 0 Å². The predicted octanol–water partition coefficient (Wildman–Crippen LogP) is 1.38. The van der Waals surface area contributed by atoms with E-state index >= 15 is 0 Å². The molecule has 0 aliphatic heterocycles. The van der Waals surface area contributed by atoms with Gasteiger partial charge in [-0.05, 0) is 13.3 Å². The zero-order chi connectivity index (χ0) is 10.6. The summed E-state index contributed by atoms with van der Waals surface area (Å²) >= 11 is 11.7. The minimum absolute atomic E-state index is 0.359. The molecule has 2 nitrogen and oxygen atoms in total. The van der Waals surface area contributed by atoms with E-state index in [-0.39, 0.29) is 0 Å². The van der Waals surface area contributed by atoms with Crippen molar-refractivity contribution >= 4 is 39.4 Å². The lowest BCUT2D eigenvalue weighted by atomic mass is 10.3. The van der Waals surface area contributed by atoms with Crippen molar-refractivity contribution in [2.45, 2.75) is 30.3 Å². The van der Waals surface area contributed by atoms with Gasteiger partial charge in [0.1, 0.15) is 10.1 Å². The number of halogens is 2. The van der Waals surface area contributed by atoms with Gasteiger partial charge in [0.2, 0.25) is 0 Å². The summed E-state index contributed by atoms with van der Waals surface area (Å²) in [6, 6.07) is 0. The molecule has 0 spiro atoms. The van der Waals surface area contributed by atoms with Crippen LogP contribution in [0.25, 0.3) is 0 Å². The first-order chi connectivity index (χ1) is 5.79. The average Bonchev–Trinajstić information content (AvgIpc) is 1.96. The molecule has 0 amide bonds. The van der Waals surface area contributed by atoms with Gasteiger partial charge in [-0.2, -0.15) is 0 Å². The Morgan fingerprint density at radius 3 is 2.38 bits per heavy atom. The van der Waals surface area contributed by atoms with E-state index in [1.807, 2.05) is 6.92 Å². The normalized spacial score (nSPS) is 13.8. The van der Waals surface area contributed by atoms with Crippen LogP contribution in [0.15, 0.2) is 12.2 Å². The van der Waals surface area contributed by atoms with Crippen LogP contribution in [0.2, 0.25) is 0 Å². The first-order valence-electron chi connectivity index (χ1n) is 4.03. The third-order valence-corrected chi connectivity index (χ3v) is 2.66. The molecule has 5 heteroatoms. The van der Waals surface area contributed by atoms with Crippen LogP contribution in [-0.4, -0.2) is 26.3 Å². The van der Waals surface area contributed by atoms with Gasteiger partial charge in [0, 0.05) is 5.57 Å². The third kappa shape index (κ3) is 4.69. The molecule has 0 N–H and O–H groups in total. The van der Waals surface area contributed by atoms with E-state index in [1.54, 1.807) is 6.92 Å². The Morgan fingerprint density at radius 2 is 2.15 bits per heavy atom. The summed E-state index contributed by atoms with van der Waals surface area (Å²) in [6.45, 7) is 6.93. The first-order valence-corrected chi connectivity index (χ1v) is 5.79. The molecule has 0 heterocycles. The molecule has 0 aliphatic rings. The van der Waals surface area contributed by atoms with E-state index < -0.39 is 16.0 Å². The molecule has 1 unspecified atom stereocenters. The number of rotatable bonds is 4. The summed E-state index contributed by atoms with van der Waals surface area (Å²) in [5.74, 6) is -0.437. The van der Waals surface area contributed by atoms with Gasteiger partial charge >= 0.3 is 5.97 Å². The number of carbonyl (C=O) groups is 1. The molecule has 1 atom stereocenters. The highest BCUT2D eigenvalue weighted by Gasteiger charge is 2.31. The molecule has 76 valence electrons. The summed E-state index contributed by atoms with van der Waals surface area (Å²) in [4.78, 5) is 11.1. The molecular formula is C8H14Cl2O2Si. The average molecular weight is 241 g/mol. The van der Waals surface area contributed by atoms with Crippen molar-refractivity contribution < 1.29 is 9.53 Å². The Balaban J connectivity index is 4.31. The van der Waals surface area contributed by atoms with Gasteiger partial charge in [0.15, 0.2) is 0 Å². The minimum Gasteiger partial charge on any atom is -0.456 e. The van der Waals surface area contributed by atoms with Gasteiger partial charge in [-0.25, -0.2) is 4.79 Å². The van der Waals surface area contributed by atoms with Crippen molar-refractivity contribution in [1.29, 1.82) is 0 Å². The predicted molar refractivity (Wildman–Crippen MR) is 59.4 cm³/mol. The third-order valence-electron chi connectivity index (χ3n) is 1.53. The number of hydrogen-bond acceptors (Lipinski definition) is 2. The summed E-state index contributed by atoms with van der Waals surface area (Å²) < 4.78 is 4.14. The summed E-state index contributed by atoms with van der Waals surface area (Å²) in [5, 5.41) is 0. The number of alkyl halides is 2. The van der Waals surface area contributed by atoms with Crippen molar-refractivity contribution in [1.82, 2.24) is 0 Å². The first kappa shape index (κ1) is 13.0. The zero-order valence-electron chi connectivity index (χ0n) is 8.06. The van der Waals surface area contributed by atoms with Gasteiger partial charge < -0.3 is 4.74 Å². The van der Waals surface area contributed by atoms with Crippen LogP contribution in [0.3, 0.4) is 0 Å². The van der Waals surface area contributed by atoms with Crippen LogP contribution in [0.1, 0.15) is 20.3 Å². The van der Waals surface area contributed by atoms with E-state index in [0.717, 1.165) is 0 Å². The molecule has 13 heavy (non-hydrogen) atoms. The Kier molecular flexibility index (Phi) is 5.03. The van der Waals surface area contributed by atoms with Gasteiger partial charge in [0.25, 0.3) is 0 Å². The van der Waals surface area contributed by atoms with Crippen molar-refractivity contribution in [3.63, 3.8) is 0 Å². The molecule has 0 aliphatic carbocycles. The van der Waals surface area contributed by atoms with E-state index in [9.17, 15) is 4.79 Å². The minimum atomic E-state index is -0.917. The second-order valence-electron chi connectivity index (χ2n) is 3.04. The van der Waals surface area contributed by atoms with E-state index in [4.69, 9.17) is 27.9 Å². The monoisotopic (exact) mass is 240 g/mol. The molecular weight excluding hydrogens is 227 g/mol. The number of hydrogen-bond donors (Lipinski definition) is 0. The van der Waals surface area contributed by atoms with Crippen LogP contribution in [-0.2, 0) is 9.53 Å². The summed E-state index contributed by atoms with van der Waals surface area (Å²) in [5.41, 5.74) is 0.359. The molecule has 0 radical (unpaired) electrons. The highest BCUT2D eigenvalue weighted by Crippen LogP contribution is 2.26. The molecule has 0 aromatic heterocycles. The van der Waals surface area contributed by atoms with Gasteiger partial charge in [-0.15, -0.1) is 23.2 Å². The summed E-state index contributed by atoms with van der Waals surface area (Å²) in [7, 11) is 0.546. The number of esters is 1. The Morgan fingerprint density at radius 1 is 1.69 bits per heavy atom. The van der Waals surface area contributed by atoms with Crippen molar-refractivity contribution in [3.05, 3.63) is 12.2 Å². The Hall–Kier alpha value is 0.00688. The largest absolute Gasteiger partial charge is 0.456 e. The molecule has 0 saturated heterocycles.